The molecule has 1 saturated heterocycles. The van der Waals surface area contributed by atoms with Crippen LogP contribution in [0.1, 0.15) is 10.4 Å². The maximum absolute atomic E-state index is 13.0. The molecule has 1 atom stereocenters. The Kier molecular flexibility index (Phi) is 4.74. The van der Waals surface area contributed by atoms with Crippen molar-refractivity contribution in [1.29, 1.82) is 0 Å². The molecule has 1 N–H and O–H groups in total. The Balaban J connectivity index is 2.05. The second-order valence-electron chi connectivity index (χ2n) is 4.37. The zero-order valence-corrected chi connectivity index (χ0v) is 11.7. The Bertz CT molecular complexity index is 617. The van der Waals surface area contributed by atoms with Gasteiger partial charge in [0, 0.05) is 17.4 Å². The Hall–Kier alpha value is -2.15. The molecule has 0 radical (unpaired) electrons. The van der Waals surface area contributed by atoms with Gasteiger partial charge in [-0.25, -0.2) is 9.18 Å². The molecule has 0 spiro atoms. The number of carboxylic acids is 1. The molecule has 0 aliphatic carbocycles. The fraction of sp³-hybridized carbons (Fsp3) is 0.214. The van der Waals surface area contributed by atoms with E-state index in [1.807, 2.05) is 0 Å². The molecule has 0 aromatic heterocycles. The summed E-state index contributed by atoms with van der Waals surface area (Å²) in [4.78, 5) is 35.8. The minimum absolute atomic E-state index is 0.129. The molecule has 1 amide bonds. The number of hydrogen-bond acceptors (Lipinski definition) is 4. The lowest BCUT2D eigenvalue weighted by atomic mass is 10.1. The van der Waals surface area contributed by atoms with Crippen LogP contribution in [0.4, 0.5) is 4.39 Å². The summed E-state index contributed by atoms with van der Waals surface area (Å²) in [6, 6.07) is 4.24. The fourth-order valence-electron chi connectivity index (χ4n) is 1.85. The maximum Gasteiger partial charge on any atom is 0.327 e. The minimum atomic E-state index is -1.07. The standard InChI is InChI=1S/C14H12FNO4S/c15-10-3-1-2-9(6-10)12(17)4-5-13(18)16-8-21-7-11(16)14(19)20/h1-6,11H,7-8H2,(H,19,20)/b5-4+/t11-/m0/s1. The lowest BCUT2D eigenvalue weighted by Gasteiger charge is -2.18. The number of thioether (sulfide) groups is 1. The highest BCUT2D eigenvalue weighted by atomic mass is 32.2. The van der Waals surface area contributed by atoms with Gasteiger partial charge in [0.2, 0.25) is 5.91 Å². The van der Waals surface area contributed by atoms with Crippen LogP contribution in [-0.4, -0.2) is 45.3 Å². The van der Waals surface area contributed by atoms with Crippen LogP contribution in [0.5, 0.6) is 0 Å². The van der Waals surface area contributed by atoms with Crippen LogP contribution in [0.25, 0.3) is 0 Å². The van der Waals surface area contributed by atoms with Crippen molar-refractivity contribution in [2.45, 2.75) is 6.04 Å². The molecule has 21 heavy (non-hydrogen) atoms. The highest BCUT2D eigenvalue weighted by molar-refractivity contribution is 7.99. The number of rotatable bonds is 4. The predicted molar refractivity (Wildman–Crippen MR) is 75.5 cm³/mol. The van der Waals surface area contributed by atoms with E-state index in [0.717, 1.165) is 18.2 Å². The van der Waals surface area contributed by atoms with Crippen molar-refractivity contribution >= 4 is 29.4 Å². The number of amides is 1. The Morgan fingerprint density at radius 3 is 2.76 bits per heavy atom. The monoisotopic (exact) mass is 309 g/mol. The van der Waals surface area contributed by atoms with Crippen molar-refractivity contribution in [3.63, 3.8) is 0 Å². The molecule has 1 aromatic carbocycles. The molecule has 7 heteroatoms. The van der Waals surface area contributed by atoms with Gasteiger partial charge in [-0.2, -0.15) is 0 Å². The molecule has 1 heterocycles. The molecule has 0 saturated carbocycles. The van der Waals surface area contributed by atoms with Crippen LogP contribution in [-0.2, 0) is 9.59 Å². The molecule has 110 valence electrons. The van der Waals surface area contributed by atoms with Crippen molar-refractivity contribution < 1.29 is 23.9 Å². The number of carbonyl (C=O) groups excluding carboxylic acids is 2. The third-order valence-corrected chi connectivity index (χ3v) is 3.95. The lowest BCUT2D eigenvalue weighted by Crippen LogP contribution is -2.40. The zero-order chi connectivity index (χ0) is 15.4. The zero-order valence-electron chi connectivity index (χ0n) is 10.9. The smallest absolute Gasteiger partial charge is 0.327 e. The number of halogens is 1. The maximum atomic E-state index is 13.0. The van der Waals surface area contributed by atoms with Crippen LogP contribution in [0, 0.1) is 5.82 Å². The van der Waals surface area contributed by atoms with E-state index in [4.69, 9.17) is 5.11 Å². The number of carbonyl (C=O) groups is 3. The first kappa shape index (κ1) is 15.2. The van der Waals surface area contributed by atoms with E-state index in [1.54, 1.807) is 0 Å². The first-order valence-corrected chi connectivity index (χ1v) is 7.23. The number of carboxylic acid groups (broad SMARTS) is 1. The summed E-state index contributed by atoms with van der Waals surface area (Å²) < 4.78 is 13.0. The first-order valence-electron chi connectivity index (χ1n) is 6.08. The largest absolute Gasteiger partial charge is 0.480 e. The third kappa shape index (κ3) is 3.69. The topological polar surface area (TPSA) is 74.7 Å². The van der Waals surface area contributed by atoms with Crippen molar-refractivity contribution in [1.82, 2.24) is 4.90 Å². The first-order chi connectivity index (χ1) is 9.99. The van der Waals surface area contributed by atoms with E-state index in [0.29, 0.717) is 5.75 Å². The average molecular weight is 309 g/mol. The van der Waals surface area contributed by atoms with Gasteiger partial charge in [0.15, 0.2) is 5.78 Å². The number of nitrogens with zero attached hydrogens (tertiary/aromatic N) is 1. The summed E-state index contributed by atoms with van der Waals surface area (Å²) in [6.07, 6.45) is 2.05. The van der Waals surface area contributed by atoms with Gasteiger partial charge in [-0.3, -0.25) is 9.59 Å². The predicted octanol–water partition coefficient (Wildman–Crippen LogP) is 1.55. The van der Waals surface area contributed by atoms with Crippen LogP contribution in [0.2, 0.25) is 0 Å². The summed E-state index contributed by atoms with van der Waals surface area (Å²) in [5.74, 6) is -2.07. The van der Waals surface area contributed by atoms with Gasteiger partial charge in [0.25, 0.3) is 0 Å². The van der Waals surface area contributed by atoms with Crippen LogP contribution in [0.15, 0.2) is 36.4 Å². The van der Waals surface area contributed by atoms with Crippen LogP contribution < -0.4 is 0 Å². The molecule has 1 aliphatic heterocycles. The molecule has 0 bridgehead atoms. The van der Waals surface area contributed by atoms with Crippen molar-refractivity contribution in [2.75, 3.05) is 11.6 Å². The lowest BCUT2D eigenvalue weighted by molar-refractivity contribution is -0.146. The van der Waals surface area contributed by atoms with Crippen molar-refractivity contribution in [2.24, 2.45) is 0 Å². The molecule has 2 rings (SSSR count). The molecular weight excluding hydrogens is 297 g/mol. The van der Waals surface area contributed by atoms with Crippen LogP contribution in [0.3, 0.4) is 0 Å². The van der Waals surface area contributed by atoms with Gasteiger partial charge in [-0.05, 0) is 18.2 Å². The van der Waals surface area contributed by atoms with Gasteiger partial charge < -0.3 is 10.0 Å². The van der Waals surface area contributed by atoms with Gasteiger partial charge in [0.1, 0.15) is 11.9 Å². The summed E-state index contributed by atoms with van der Waals surface area (Å²) in [6.45, 7) is 0. The van der Waals surface area contributed by atoms with Gasteiger partial charge in [-0.15, -0.1) is 11.8 Å². The van der Waals surface area contributed by atoms with Gasteiger partial charge >= 0.3 is 5.97 Å². The Morgan fingerprint density at radius 1 is 1.33 bits per heavy atom. The molecule has 1 fully saturated rings. The van der Waals surface area contributed by atoms with Crippen LogP contribution >= 0.6 is 11.8 Å². The number of benzene rings is 1. The quantitative estimate of drug-likeness (QED) is 0.675. The third-order valence-electron chi connectivity index (χ3n) is 2.94. The van der Waals surface area contributed by atoms with E-state index < -0.39 is 29.5 Å². The highest BCUT2D eigenvalue weighted by Crippen LogP contribution is 2.21. The highest BCUT2D eigenvalue weighted by Gasteiger charge is 2.33. The molecular formula is C14H12FNO4S. The van der Waals surface area contributed by atoms with E-state index in [1.165, 1.54) is 34.9 Å². The number of aliphatic carboxylic acids is 1. The second kappa shape index (κ2) is 6.53. The SMILES string of the molecule is O=C(/C=C/C(=O)N1CSC[C@H]1C(=O)O)c1cccc(F)c1. The molecule has 0 unspecified atom stereocenters. The van der Waals surface area contributed by atoms with E-state index in [2.05, 4.69) is 0 Å². The average Bonchev–Trinajstić information content (AvgIpc) is 2.94. The Morgan fingerprint density at radius 2 is 2.10 bits per heavy atom. The number of hydrogen-bond donors (Lipinski definition) is 1. The van der Waals surface area contributed by atoms with Gasteiger partial charge in [-0.1, -0.05) is 12.1 Å². The summed E-state index contributed by atoms with van der Waals surface area (Å²) >= 11 is 1.34. The van der Waals surface area contributed by atoms with Gasteiger partial charge in [0.05, 0.1) is 5.88 Å². The molecule has 1 aliphatic rings. The fourth-order valence-corrected chi connectivity index (χ4v) is 3.00. The van der Waals surface area contributed by atoms with E-state index >= 15 is 0 Å². The van der Waals surface area contributed by atoms with E-state index in [-0.39, 0.29) is 11.4 Å². The summed E-state index contributed by atoms with van der Waals surface area (Å²) in [5, 5.41) is 8.98. The van der Waals surface area contributed by atoms with Crippen molar-refractivity contribution in [3.05, 3.63) is 47.8 Å². The second-order valence-corrected chi connectivity index (χ2v) is 5.37. The number of allylic oxidation sites excluding steroid dienone is 1. The molecule has 5 nitrogen and oxygen atoms in total. The minimum Gasteiger partial charge on any atom is -0.480 e. The van der Waals surface area contributed by atoms with Crippen molar-refractivity contribution in [3.8, 4) is 0 Å². The number of ketones is 1. The Labute approximate surface area is 124 Å². The van der Waals surface area contributed by atoms with E-state index in [9.17, 15) is 18.8 Å². The summed E-state index contributed by atoms with van der Waals surface area (Å²) in [7, 11) is 0. The normalized spacial score (nSPS) is 18.1. The summed E-state index contributed by atoms with van der Waals surface area (Å²) in [5.41, 5.74) is 0.129. The molecule has 1 aromatic rings.